The zero-order valence-electron chi connectivity index (χ0n) is 17.3. The molecule has 2 aromatic rings. The molecule has 10 nitrogen and oxygen atoms in total. The number of benzene rings is 2. The molecule has 2 N–H and O–H groups in total. The summed E-state index contributed by atoms with van der Waals surface area (Å²) in [5.74, 6) is 0. The second kappa shape index (κ2) is 11.8. The number of sulfone groups is 1. The fourth-order valence-corrected chi connectivity index (χ4v) is 4.03. The Morgan fingerprint density at radius 3 is 1.10 bits per heavy atom. The predicted molar refractivity (Wildman–Crippen MR) is 104 cm³/mol. The van der Waals surface area contributed by atoms with E-state index in [1.807, 2.05) is 0 Å². The molecule has 0 fully saturated rings. The monoisotopic (exact) mass is 508 g/mol. The zero-order chi connectivity index (χ0) is 22.0. The van der Waals surface area contributed by atoms with Crippen LogP contribution >= 0.6 is 0 Å². The molecule has 0 bridgehead atoms. The van der Waals surface area contributed by atoms with Gasteiger partial charge < -0.3 is 19.7 Å². The number of anilines is 2. The molecule has 0 aliphatic rings. The van der Waals surface area contributed by atoms with Crippen molar-refractivity contribution in [3.8, 4) is 0 Å². The summed E-state index contributed by atoms with van der Waals surface area (Å²) in [6.07, 6.45) is 0. The van der Waals surface area contributed by atoms with Crippen molar-refractivity contribution in [3.63, 3.8) is 0 Å². The normalized spacial score (nSPS) is 13.8. The number of nitrogens with one attached hydrogen (secondary N) is 2. The van der Waals surface area contributed by atoms with E-state index in [9.17, 15) is 34.4 Å². The van der Waals surface area contributed by atoms with Gasteiger partial charge in [0.15, 0.2) is 0 Å². The van der Waals surface area contributed by atoms with Gasteiger partial charge in [0.1, 0.15) is 31.0 Å². The molecule has 0 spiro atoms. The van der Waals surface area contributed by atoms with E-state index < -0.39 is 40.8 Å². The third-order valence-electron chi connectivity index (χ3n) is 3.94. The minimum Gasteiger partial charge on any atom is -0.746 e. The molecule has 0 saturated heterocycles. The summed E-state index contributed by atoms with van der Waals surface area (Å²) in [6.45, 7) is 2.34. The molecule has 31 heavy (non-hydrogen) atoms. The summed E-state index contributed by atoms with van der Waals surface area (Å²) in [7, 11) is -13.0. The van der Waals surface area contributed by atoms with E-state index in [1.54, 1.807) is 0 Å². The van der Waals surface area contributed by atoms with Crippen LogP contribution in [-0.2, 0) is 30.1 Å². The molecular formula is C16H18N2Na2O8S3. The Kier molecular flexibility index (Phi) is 11.7. The van der Waals surface area contributed by atoms with E-state index >= 15 is 0 Å². The Balaban J connectivity index is 0.00000450. The van der Waals surface area contributed by atoms with Gasteiger partial charge in [0.25, 0.3) is 0 Å². The number of rotatable bonds is 8. The Hall–Kier alpha value is -0.190. The summed E-state index contributed by atoms with van der Waals surface area (Å²) in [5.41, 5.74) is 0.506. The number of hydrogen-bond acceptors (Lipinski definition) is 10. The zero-order valence-corrected chi connectivity index (χ0v) is 23.7. The van der Waals surface area contributed by atoms with Gasteiger partial charge in [-0.1, -0.05) is 0 Å². The topological polar surface area (TPSA) is 173 Å². The van der Waals surface area contributed by atoms with E-state index in [-0.39, 0.29) is 80.3 Å². The van der Waals surface area contributed by atoms with Crippen molar-refractivity contribution in [2.45, 2.75) is 34.4 Å². The van der Waals surface area contributed by atoms with Gasteiger partial charge in [-0.3, -0.25) is 0 Å². The first-order valence-electron chi connectivity index (χ1n) is 8.09. The largest absolute Gasteiger partial charge is 1.00 e. The maximum atomic E-state index is 12.7. The van der Waals surface area contributed by atoms with Crippen molar-refractivity contribution >= 4 is 41.4 Å². The molecule has 2 rings (SSSR count). The molecule has 2 aromatic carbocycles. The van der Waals surface area contributed by atoms with E-state index in [4.69, 9.17) is 0 Å². The van der Waals surface area contributed by atoms with Crippen LogP contribution < -0.4 is 69.7 Å². The standard InChI is InChI=1S/C16H20N2O8S3.2Na/c1-11(28(21,22)23)17-13-3-7-15(8-4-13)27(19,20)16-9-5-14(6-10-16)18-12(2)29(24,25)26;;/h3-12,17-18H,1-2H3,(H,21,22,23)(H,24,25,26);;/q;2*+1/p-2. The van der Waals surface area contributed by atoms with Crippen molar-refractivity contribution in [2.75, 3.05) is 10.6 Å². The van der Waals surface area contributed by atoms with Crippen LogP contribution in [0.15, 0.2) is 58.3 Å². The van der Waals surface area contributed by atoms with Crippen LogP contribution in [0.4, 0.5) is 11.4 Å². The maximum Gasteiger partial charge on any atom is 1.00 e. The van der Waals surface area contributed by atoms with Crippen LogP contribution in [-0.4, -0.2) is 45.1 Å². The Bertz CT molecular complexity index is 1090. The molecule has 0 heterocycles. The Morgan fingerprint density at radius 1 is 0.613 bits per heavy atom. The van der Waals surface area contributed by atoms with Gasteiger partial charge in [-0.25, -0.2) is 25.3 Å². The smallest absolute Gasteiger partial charge is 0.746 e. The summed E-state index contributed by atoms with van der Waals surface area (Å²) in [5, 5.41) is 2.15. The van der Waals surface area contributed by atoms with Crippen LogP contribution in [0.3, 0.4) is 0 Å². The summed E-state index contributed by atoms with van der Waals surface area (Å²) in [4.78, 5) is -0.145. The first-order chi connectivity index (χ1) is 13.2. The van der Waals surface area contributed by atoms with Gasteiger partial charge in [-0.15, -0.1) is 0 Å². The quantitative estimate of drug-likeness (QED) is 0.260. The number of hydrogen-bond donors (Lipinski definition) is 2. The first-order valence-corrected chi connectivity index (χ1v) is 12.5. The summed E-state index contributed by atoms with van der Waals surface area (Å²) >= 11 is 0. The minimum absolute atomic E-state index is 0. The van der Waals surface area contributed by atoms with Crippen molar-refractivity contribution in [1.29, 1.82) is 0 Å². The molecule has 15 heteroatoms. The van der Waals surface area contributed by atoms with Crippen LogP contribution in [0, 0.1) is 0 Å². The summed E-state index contributed by atoms with van der Waals surface area (Å²) in [6, 6.07) is 10.3. The average Bonchev–Trinajstić information content (AvgIpc) is 2.61. The van der Waals surface area contributed by atoms with Gasteiger partial charge in [0.2, 0.25) is 9.84 Å². The molecule has 0 radical (unpaired) electrons. The van der Waals surface area contributed by atoms with Gasteiger partial charge in [0.05, 0.1) is 9.79 Å². The molecule has 0 amide bonds. The molecule has 0 aliphatic heterocycles. The minimum atomic E-state index is -4.55. The fraction of sp³-hybridized carbons (Fsp3) is 0.250. The van der Waals surface area contributed by atoms with Crippen LogP contribution in [0.1, 0.15) is 13.8 Å². The van der Waals surface area contributed by atoms with Gasteiger partial charge >= 0.3 is 59.1 Å². The fourth-order valence-electron chi connectivity index (χ4n) is 2.21. The van der Waals surface area contributed by atoms with Crippen molar-refractivity contribution in [2.24, 2.45) is 0 Å². The van der Waals surface area contributed by atoms with E-state index in [0.717, 1.165) is 0 Å². The van der Waals surface area contributed by atoms with E-state index in [2.05, 4.69) is 10.6 Å². The van der Waals surface area contributed by atoms with Gasteiger partial charge in [-0.05, 0) is 62.4 Å². The maximum absolute atomic E-state index is 12.7. The van der Waals surface area contributed by atoms with Crippen LogP contribution in [0.2, 0.25) is 0 Å². The summed E-state index contributed by atoms with van der Waals surface area (Å²) < 4.78 is 90.9. The second-order valence-corrected chi connectivity index (χ2v) is 11.4. The van der Waals surface area contributed by atoms with Crippen molar-refractivity contribution in [1.82, 2.24) is 0 Å². The molecule has 2 unspecified atom stereocenters. The molecule has 0 saturated carbocycles. The Morgan fingerprint density at radius 2 is 0.871 bits per heavy atom. The first kappa shape index (κ1) is 30.8. The van der Waals surface area contributed by atoms with E-state index in [0.29, 0.717) is 0 Å². The van der Waals surface area contributed by atoms with Crippen LogP contribution in [0.25, 0.3) is 0 Å². The molecule has 0 aliphatic carbocycles. The Labute approximate surface area is 226 Å². The average molecular weight is 509 g/mol. The van der Waals surface area contributed by atoms with Crippen LogP contribution in [0.5, 0.6) is 0 Å². The van der Waals surface area contributed by atoms with Gasteiger partial charge in [0, 0.05) is 11.4 Å². The molecule has 0 aromatic heterocycles. The third kappa shape index (κ3) is 8.59. The third-order valence-corrected chi connectivity index (χ3v) is 7.69. The van der Waals surface area contributed by atoms with Crippen molar-refractivity contribution in [3.05, 3.63) is 48.5 Å². The van der Waals surface area contributed by atoms with E-state index in [1.165, 1.54) is 62.4 Å². The predicted octanol–water partition coefficient (Wildman–Crippen LogP) is -4.87. The molecular weight excluding hydrogens is 490 g/mol. The molecule has 160 valence electrons. The second-order valence-electron chi connectivity index (χ2n) is 6.11. The molecule has 2 atom stereocenters. The SMILES string of the molecule is CC(Nc1ccc(S(=O)(=O)c2ccc(NC(C)S(=O)(=O)[O-])cc2)cc1)S(=O)(=O)[O-].[Na+].[Na+]. The van der Waals surface area contributed by atoms with Crippen molar-refractivity contribution < 1.29 is 93.5 Å². The van der Waals surface area contributed by atoms with Gasteiger partial charge in [-0.2, -0.15) is 0 Å².